The quantitative estimate of drug-likeness (QED) is 0.0158. The lowest BCUT2D eigenvalue weighted by Gasteiger charge is -2.28. The summed E-state index contributed by atoms with van der Waals surface area (Å²) in [7, 11) is 0. The van der Waals surface area contributed by atoms with Gasteiger partial charge in [0.25, 0.3) is 0 Å². The predicted molar refractivity (Wildman–Crippen MR) is 253 cm³/mol. The fraction of sp³-hybridized carbons (Fsp3) is 0.780. The number of carboxylic acids is 1. The van der Waals surface area contributed by atoms with Crippen LogP contribution in [0.4, 0.5) is 0 Å². The van der Waals surface area contributed by atoms with Crippen LogP contribution in [0.25, 0.3) is 0 Å². The number of nitrogens with one attached hydrogen (secondary N) is 6. The second-order valence-electron chi connectivity index (χ2n) is 16.5. The minimum atomic E-state index is -1.28. The van der Waals surface area contributed by atoms with Crippen molar-refractivity contribution in [2.24, 2.45) is 67.5 Å². The highest BCUT2D eigenvalue weighted by atomic mass is 16.4. The molecule has 0 aromatic rings. The number of aliphatic carboxylic acids is 1. The number of hydrogen-bond acceptors (Lipinski definition) is 14. The molecule has 0 heterocycles. The van der Waals surface area contributed by atoms with Gasteiger partial charge >= 0.3 is 5.97 Å². The summed E-state index contributed by atoms with van der Waals surface area (Å²) < 4.78 is 0. The van der Waals surface area contributed by atoms with Crippen molar-refractivity contribution in [3.05, 3.63) is 0 Å². The molecule has 0 aliphatic carbocycles. The predicted octanol–water partition coefficient (Wildman–Crippen LogP) is -4.41. The maximum Gasteiger partial charge on any atom is 0.326 e. The molecule has 25 heteroatoms. The van der Waals surface area contributed by atoms with Crippen LogP contribution in [-0.2, 0) is 33.6 Å². The summed E-state index contributed by atoms with van der Waals surface area (Å²) >= 11 is 0. The van der Waals surface area contributed by atoms with E-state index in [0.717, 1.165) is 0 Å². The van der Waals surface area contributed by atoms with Crippen LogP contribution >= 0.6 is 0 Å². The molecule has 0 aliphatic heterocycles. The first kappa shape index (κ1) is 60.6. The van der Waals surface area contributed by atoms with Crippen LogP contribution in [-0.4, -0.2) is 140 Å². The Hall–Kier alpha value is -5.37. The Morgan fingerprint density at radius 3 is 0.970 bits per heavy atom. The van der Waals surface area contributed by atoms with Gasteiger partial charge in [0.15, 0.2) is 11.9 Å². The zero-order valence-corrected chi connectivity index (χ0v) is 39.1. The van der Waals surface area contributed by atoms with Crippen molar-refractivity contribution in [1.82, 2.24) is 31.9 Å². The Bertz CT molecular complexity index is 1530. The third-order valence-corrected chi connectivity index (χ3v) is 10.4. The molecule has 0 aromatic carbocycles. The maximum atomic E-state index is 14.2. The van der Waals surface area contributed by atoms with Crippen molar-refractivity contribution in [2.45, 2.75) is 159 Å². The molecule has 0 saturated carbocycles. The van der Waals surface area contributed by atoms with E-state index in [0.29, 0.717) is 84.0 Å². The van der Waals surface area contributed by atoms with Gasteiger partial charge in [-0.3, -0.25) is 38.8 Å². The molecule has 0 bridgehead atoms. The highest BCUT2D eigenvalue weighted by Crippen LogP contribution is 2.11. The Balaban J connectivity index is 6.64. The molecule has 6 amide bonds. The summed E-state index contributed by atoms with van der Waals surface area (Å²) in [4.78, 5) is 102. The molecule has 0 aliphatic rings. The SMILES string of the molecule is CC(C)[C@H](NC(=O)[C@H](CCCCN)NC(=O)[C@H](CCCN=C(N)N)NC(=O)[C@H](CCCCN)NC(=O)[C@H](CCCCN)NC(=O)[C@H](CCCCN)NC(=O)[C@@H](N)CCCN=C(N)N)C(=O)O. The number of unbranched alkanes of at least 4 members (excludes halogenated alkanes) is 4. The number of amides is 6. The molecular weight excluding hydrogens is 859 g/mol. The molecule has 0 spiro atoms. The third-order valence-electron chi connectivity index (χ3n) is 10.4. The van der Waals surface area contributed by atoms with Gasteiger partial charge in [-0.1, -0.05) is 13.8 Å². The molecule has 0 unspecified atom stereocenters. The first-order valence-corrected chi connectivity index (χ1v) is 23.0. The Morgan fingerprint density at radius 1 is 0.424 bits per heavy atom. The lowest BCUT2D eigenvalue weighted by molar-refractivity contribution is -0.143. The van der Waals surface area contributed by atoms with Crippen LogP contribution in [0, 0.1) is 5.92 Å². The van der Waals surface area contributed by atoms with Gasteiger partial charge in [-0.2, -0.15) is 0 Å². The summed E-state index contributed by atoms with van der Waals surface area (Å²) in [5.74, 6) is -6.19. The summed E-state index contributed by atoms with van der Waals surface area (Å²) in [6, 6.07) is -8.16. The molecule has 25 nitrogen and oxygen atoms in total. The Morgan fingerprint density at radius 2 is 0.697 bits per heavy atom. The van der Waals surface area contributed by atoms with Crippen LogP contribution in [0.15, 0.2) is 9.98 Å². The molecule has 66 heavy (non-hydrogen) atoms. The number of aliphatic imine (C=N–C) groups is 2. The zero-order chi connectivity index (χ0) is 50.0. The lowest BCUT2D eigenvalue weighted by Crippen LogP contribution is -2.60. The number of carbonyl (C=O) groups is 7. The van der Waals surface area contributed by atoms with E-state index in [4.69, 9.17) is 51.6 Å². The van der Waals surface area contributed by atoms with Crippen LogP contribution in [0.2, 0.25) is 0 Å². The molecule has 0 fully saturated rings. The summed E-state index contributed by atoms with van der Waals surface area (Å²) in [5.41, 5.74) is 50.7. The summed E-state index contributed by atoms with van der Waals surface area (Å²) in [6.07, 6.45) is 5.16. The number of rotatable bonds is 38. The average Bonchev–Trinajstić information content (AvgIpc) is 3.25. The van der Waals surface area contributed by atoms with Gasteiger partial charge in [0.2, 0.25) is 35.4 Å². The van der Waals surface area contributed by atoms with E-state index in [1.54, 1.807) is 13.8 Å². The highest BCUT2D eigenvalue weighted by Gasteiger charge is 2.34. The number of hydrogen-bond donors (Lipinski definition) is 16. The van der Waals surface area contributed by atoms with E-state index in [1.807, 2.05) is 0 Å². The van der Waals surface area contributed by atoms with Gasteiger partial charge in [0, 0.05) is 13.1 Å². The van der Waals surface area contributed by atoms with Gasteiger partial charge in [-0.25, -0.2) is 4.79 Å². The number of carbonyl (C=O) groups excluding carboxylic acids is 6. The van der Waals surface area contributed by atoms with Crippen molar-refractivity contribution in [3.63, 3.8) is 0 Å². The van der Waals surface area contributed by atoms with Crippen LogP contribution in [0.3, 0.4) is 0 Å². The second kappa shape index (κ2) is 35.8. The van der Waals surface area contributed by atoms with E-state index in [1.165, 1.54) is 0 Å². The van der Waals surface area contributed by atoms with E-state index in [9.17, 15) is 38.7 Å². The Kier molecular flexibility index (Phi) is 32.9. The standard InChI is InChI=1S/C41H83N17O8/c1-25(2)32(39(65)66)58-38(64)30(17-6-10-22-45)56-37(63)31(18-12-24-52-41(49)50)57-36(62)29(16-5-9-21-44)55-35(61)28(15-4-8-20-43)54-34(60)27(14-3-7-19-42)53-33(59)26(46)13-11-23-51-40(47)48/h25-32H,3-24,42-46H2,1-2H3,(H,53,59)(H,54,60)(H,55,61)(H,56,63)(H,57,62)(H,58,64)(H,65,66)(H4,47,48,51)(H4,49,50,52)/t26-,27-,28-,29-,30-,31-,32-/m0/s1. The highest BCUT2D eigenvalue weighted by molar-refractivity contribution is 5.97. The van der Waals surface area contributed by atoms with Gasteiger partial charge in [0.1, 0.15) is 36.3 Å². The largest absolute Gasteiger partial charge is 0.480 e. The van der Waals surface area contributed by atoms with Gasteiger partial charge < -0.3 is 88.6 Å². The van der Waals surface area contributed by atoms with Crippen molar-refractivity contribution in [1.29, 1.82) is 0 Å². The molecule has 25 N–H and O–H groups in total. The topological polar surface area (TPSA) is 471 Å². The van der Waals surface area contributed by atoms with Crippen LogP contribution in [0.1, 0.15) is 117 Å². The lowest BCUT2D eigenvalue weighted by atomic mass is 10.0. The molecule has 0 radical (unpaired) electrons. The van der Waals surface area contributed by atoms with Gasteiger partial charge in [0.05, 0.1) is 6.04 Å². The monoisotopic (exact) mass is 942 g/mol. The number of guanidine groups is 2. The first-order valence-electron chi connectivity index (χ1n) is 23.0. The molecule has 0 saturated heterocycles. The van der Waals surface area contributed by atoms with E-state index in [2.05, 4.69) is 41.9 Å². The van der Waals surface area contributed by atoms with Gasteiger partial charge in [-0.05, 0) is 135 Å². The zero-order valence-electron chi connectivity index (χ0n) is 39.1. The van der Waals surface area contributed by atoms with Crippen LogP contribution < -0.4 is 83.5 Å². The number of nitrogens with zero attached hydrogens (tertiary/aromatic N) is 2. The minimum absolute atomic E-state index is 0.00628. The van der Waals surface area contributed by atoms with E-state index in [-0.39, 0.29) is 70.0 Å². The van der Waals surface area contributed by atoms with Gasteiger partial charge in [-0.15, -0.1) is 0 Å². The smallest absolute Gasteiger partial charge is 0.326 e. The number of carboxylic acid groups (broad SMARTS) is 1. The van der Waals surface area contributed by atoms with Crippen molar-refractivity contribution < 1.29 is 38.7 Å². The van der Waals surface area contributed by atoms with E-state index >= 15 is 0 Å². The van der Waals surface area contributed by atoms with Crippen molar-refractivity contribution >= 4 is 53.3 Å². The third kappa shape index (κ3) is 27.2. The normalized spacial score (nSPS) is 14.2. The second-order valence-corrected chi connectivity index (χ2v) is 16.5. The van der Waals surface area contributed by atoms with Crippen LogP contribution in [0.5, 0.6) is 0 Å². The Labute approximate surface area is 388 Å². The summed E-state index contributed by atoms with van der Waals surface area (Å²) in [5, 5.41) is 25.8. The van der Waals surface area contributed by atoms with Crippen molar-refractivity contribution in [2.75, 3.05) is 39.3 Å². The average molecular weight is 942 g/mol. The first-order chi connectivity index (χ1) is 31.3. The van der Waals surface area contributed by atoms with E-state index < -0.39 is 89.6 Å². The molecule has 0 rings (SSSR count). The fourth-order valence-corrected chi connectivity index (χ4v) is 6.60. The minimum Gasteiger partial charge on any atom is -0.480 e. The molecular formula is C41H83N17O8. The van der Waals surface area contributed by atoms with Crippen molar-refractivity contribution in [3.8, 4) is 0 Å². The number of nitrogens with two attached hydrogens (primary N) is 9. The molecule has 7 atom stereocenters. The summed E-state index contributed by atoms with van der Waals surface area (Å²) in [6.45, 7) is 4.87. The molecule has 0 aromatic heterocycles. The molecule has 380 valence electrons. The fourth-order valence-electron chi connectivity index (χ4n) is 6.60. The maximum absolute atomic E-state index is 14.2.